The minimum absolute atomic E-state index is 0.0949. The number of hydrogen-bond donors (Lipinski definition) is 1. The third kappa shape index (κ3) is 6.17. The van der Waals surface area contributed by atoms with E-state index >= 15 is 0 Å². The third-order valence-electron chi connectivity index (χ3n) is 4.25. The zero-order chi connectivity index (χ0) is 17.4. The van der Waals surface area contributed by atoms with Crippen LogP contribution in [0.3, 0.4) is 0 Å². The number of nitrogens with one attached hydrogen (secondary N) is 1. The van der Waals surface area contributed by atoms with Gasteiger partial charge in [0, 0.05) is 29.8 Å². The number of nitrogens with zero attached hydrogens (tertiary/aromatic N) is 1. The quantitative estimate of drug-likeness (QED) is 0.764. The molecule has 24 heavy (non-hydrogen) atoms. The Kier molecular flexibility index (Phi) is 7.60. The van der Waals surface area contributed by atoms with Crippen LogP contribution < -0.4 is 10.1 Å². The summed E-state index contributed by atoms with van der Waals surface area (Å²) in [6.07, 6.45) is 7.20. The molecule has 1 atom stereocenters. The van der Waals surface area contributed by atoms with Crippen molar-refractivity contribution in [1.82, 2.24) is 10.2 Å². The van der Waals surface area contributed by atoms with Crippen LogP contribution >= 0.6 is 11.6 Å². The fourth-order valence-electron chi connectivity index (χ4n) is 2.98. The van der Waals surface area contributed by atoms with Crippen molar-refractivity contribution in [1.29, 1.82) is 0 Å². The lowest BCUT2D eigenvalue weighted by atomic mass is 10.1. The Hall–Kier alpha value is -1.52. The molecular weight excluding hydrogens is 324 g/mol. The summed E-state index contributed by atoms with van der Waals surface area (Å²) in [6, 6.07) is 5.34. The Labute approximate surface area is 149 Å². The maximum atomic E-state index is 12.0. The molecule has 1 saturated heterocycles. The molecule has 1 N–H and O–H groups in total. The molecule has 1 heterocycles. The van der Waals surface area contributed by atoms with Gasteiger partial charge in [-0.15, -0.1) is 0 Å². The predicted octanol–water partition coefficient (Wildman–Crippen LogP) is 3.60. The van der Waals surface area contributed by atoms with Gasteiger partial charge in [0.05, 0.1) is 7.11 Å². The highest BCUT2D eigenvalue weighted by atomic mass is 35.5. The van der Waals surface area contributed by atoms with Gasteiger partial charge in [-0.2, -0.15) is 0 Å². The summed E-state index contributed by atoms with van der Waals surface area (Å²) in [4.78, 5) is 14.5. The van der Waals surface area contributed by atoms with Gasteiger partial charge in [-0.1, -0.05) is 24.9 Å². The SMILES string of the molecule is COc1ccc(Cl)cc1/C=C/C(=O)NCC(C)CN1CCCCC1. The third-order valence-corrected chi connectivity index (χ3v) is 4.48. The van der Waals surface area contributed by atoms with Crippen LogP contribution in [0.2, 0.25) is 5.02 Å². The first-order valence-corrected chi connectivity index (χ1v) is 8.98. The molecule has 1 aromatic rings. The molecule has 1 amide bonds. The predicted molar refractivity (Wildman–Crippen MR) is 99.5 cm³/mol. The molecule has 1 unspecified atom stereocenters. The van der Waals surface area contributed by atoms with E-state index in [0.717, 1.165) is 12.1 Å². The van der Waals surface area contributed by atoms with Gasteiger partial charge in [-0.25, -0.2) is 0 Å². The lowest BCUT2D eigenvalue weighted by Crippen LogP contribution is -2.37. The summed E-state index contributed by atoms with van der Waals surface area (Å²) in [6.45, 7) is 6.29. The van der Waals surface area contributed by atoms with Crippen molar-refractivity contribution < 1.29 is 9.53 Å². The highest BCUT2D eigenvalue weighted by Gasteiger charge is 2.13. The van der Waals surface area contributed by atoms with E-state index in [9.17, 15) is 4.79 Å². The Morgan fingerprint density at radius 2 is 2.12 bits per heavy atom. The van der Waals surface area contributed by atoms with Crippen LogP contribution in [0.5, 0.6) is 5.75 Å². The lowest BCUT2D eigenvalue weighted by molar-refractivity contribution is -0.116. The van der Waals surface area contributed by atoms with Crippen LogP contribution in [-0.2, 0) is 4.79 Å². The molecule has 1 aliphatic heterocycles. The van der Waals surface area contributed by atoms with E-state index in [1.165, 1.54) is 38.4 Å². The van der Waals surface area contributed by atoms with Crippen molar-refractivity contribution in [2.24, 2.45) is 5.92 Å². The molecular formula is C19H27ClN2O2. The van der Waals surface area contributed by atoms with Crippen LogP contribution in [0.15, 0.2) is 24.3 Å². The number of carbonyl (C=O) groups excluding carboxylic acids is 1. The highest BCUT2D eigenvalue weighted by Crippen LogP contribution is 2.23. The zero-order valence-corrected chi connectivity index (χ0v) is 15.3. The molecule has 0 saturated carbocycles. The van der Waals surface area contributed by atoms with Crippen LogP contribution in [0.1, 0.15) is 31.7 Å². The smallest absolute Gasteiger partial charge is 0.244 e. The summed E-state index contributed by atoms with van der Waals surface area (Å²) in [5.41, 5.74) is 0.793. The van der Waals surface area contributed by atoms with Crippen LogP contribution in [0, 0.1) is 5.92 Å². The van der Waals surface area contributed by atoms with E-state index in [4.69, 9.17) is 16.3 Å². The van der Waals surface area contributed by atoms with Gasteiger partial charge in [0.2, 0.25) is 5.91 Å². The van der Waals surface area contributed by atoms with Crippen molar-refractivity contribution in [3.05, 3.63) is 34.9 Å². The zero-order valence-electron chi connectivity index (χ0n) is 14.6. The number of amides is 1. The van der Waals surface area contributed by atoms with E-state index in [2.05, 4.69) is 17.1 Å². The number of methoxy groups -OCH3 is 1. The van der Waals surface area contributed by atoms with E-state index in [-0.39, 0.29) is 5.91 Å². The Balaban J connectivity index is 1.79. The van der Waals surface area contributed by atoms with E-state index in [0.29, 0.717) is 23.2 Å². The fourth-order valence-corrected chi connectivity index (χ4v) is 3.16. The molecule has 1 fully saturated rings. The van der Waals surface area contributed by atoms with Crippen LogP contribution in [0.4, 0.5) is 0 Å². The van der Waals surface area contributed by atoms with Crippen molar-refractivity contribution in [3.63, 3.8) is 0 Å². The standard InChI is InChI=1S/C19H27ClN2O2/c1-15(14-22-10-4-3-5-11-22)13-21-19(23)9-6-16-12-17(20)7-8-18(16)24-2/h6-9,12,15H,3-5,10-11,13-14H2,1-2H3,(H,21,23)/b9-6+. The van der Waals surface area contributed by atoms with Crippen molar-refractivity contribution in [2.75, 3.05) is 33.3 Å². The second kappa shape index (κ2) is 9.70. The summed E-state index contributed by atoms with van der Waals surface area (Å²) in [5.74, 6) is 1.05. The number of carbonyl (C=O) groups is 1. The second-order valence-corrected chi connectivity index (χ2v) is 6.87. The largest absolute Gasteiger partial charge is 0.496 e. The number of ether oxygens (including phenoxy) is 1. The highest BCUT2D eigenvalue weighted by molar-refractivity contribution is 6.30. The maximum absolute atomic E-state index is 12.0. The van der Waals surface area contributed by atoms with Gasteiger partial charge in [-0.3, -0.25) is 4.79 Å². The van der Waals surface area contributed by atoms with Gasteiger partial charge in [0.1, 0.15) is 5.75 Å². The average molecular weight is 351 g/mol. The first kappa shape index (κ1) is 18.8. The maximum Gasteiger partial charge on any atom is 0.244 e. The van der Waals surface area contributed by atoms with E-state index < -0.39 is 0 Å². The monoisotopic (exact) mass is 350 g/mol. The van der Waals surface area contributed by atoms with Gasteiger partial charge < -0.3 is 15.0 Å². The number of benzene rings is 1. The molecule has 4 nitrogen and oxygen atoms in total. The van der Waals surface area contributed by atoms with Gasteiger partial charge >= 0.3 is 0 Å². The molecule has 1 aromatic carbocycles. The van der Waals surface area contributed by atoms with Crippen molar-refractivity contribution in [2.45, 2.75) is 26.2 Å². The van der Waals surface area contributed by atoms with E-state index in [1.807, 2.05) is 0 Å². The summed E-state index contributed by atoms with van der Waals surface area (Å²) in [7, 11) is 1.60. The number of rotatable bonds is 7. The van der Waals surface area contributed by atoms with Crippen molar-refractivity contribution >= 4 is 23.6 Å². The molecule has 0 aliphatic carbocycles. The Morgan fingerprint density at radius 3 is 2.83 bits per heavy atom. The summed E-state index contributed by atoms with van der Waals surface area (Å²) in [5, 5.41) is 3.58. The molecule has 1 aliphatic rings. The molecule has 0 spiro atoms. The first-order chi connectivity index (χ1) is 11.6. The van der Waals surface area contributed by atoms with Crippen molar-refractivity contribution in [3.8, 4) is 5.75 Å². The number of likely N-dealkylation sites (tertiary alicyclic amines) is 1. The number of halogens is 1. The lowest BCUT2D eigenvalue weighted by Gasteiger charge is -2.29. The Bertz CT molecular complexity index is 568. The summed E-state index contributed by atoms with van der Waals surface area (Å²) < 4.78 is 5.27. The van der Waals surface area contributed by atoms with E-state index in [1.54, 1.807) is 31.4 Å². The minimum atomic E-state index is -0.0949. The molecule has 0 radical (unpaired) electrons. The first-order valence-electron chi connectivity index (χ1n) is 8.60. The molecule has 0 bridgehead atoms. The van der Waals surface area contributed by atoms with Gasteiger partial charge in [0.15, 0.2) is 0 Å². The fraction of sp³-hybridized carbons (Fsp3) is 0.526. The van der Waals surface area contributed by atoms with Gasteiger partial charge in [0.25, 0.3) is 0 Å². The van der Waals surface area contributed by atoms with Crippen LogP contribution in [0.25, 0.3) is 6.08 Å². The van der Waals surface area contributed by atoms with Crippen LogP contribution in [-0.4, -0.2) is 44.1 Å². The average Bonchev–Trinajstić information content (AvgIpc) is 2.59. The molecule has 2 rings (SSSR count). The Morgan fingerprint density at radius 1 is 1.38 bits per heavy atom. The minimum Gasteiger partial charge on any atom is -0.496 e. The molecule has 5 heteroatoms. The normalized spacial score (nSPS) is 17.0. The van der Waals surface area contributed by atoms with Gasteiger partial charge in [-0.05, 0) is 56.1 Å². The molecule has 0 aromatic heterocycles. The topological polar surface area (TPSA) is 41.6 Å². The summed E-state index contributed by atoms with van der Waals surface area (Å²) >= 11 is 5.99. The second-order valence-electron chi connectivity index (χ2n) is 6.43. The number of hydrogen-bond acceptors (Lipinski definition) is 3. The number of piperidine rings is 1. The molecule has 132 valence electrons.